The number of pyridine rings is 1. The molecule has 11 rings (SSSR count). The Labute approximate surface area is 389 Å². The average molecular weight is 830 g/mol. The predicted octanol–water partition coefficient (Wildman–Crippen LogP) is 15.5. The molecule has 304 valence electrons. The maximum Gasteiger partial charge on any atom is 0.137 e. The molecule has 0 saturated carbocycles. The van der Waals surface area contributed by atoms with Gasteiger partial charge in [0.15, 0.2) is 0 Å². The van der Waals surface area contributed by atoms with Crippen LogP contribution in [0.4, 0.5) is 22.7 Å². The van der Waals surface area contributed by atoms with Crippen molar-refractivity contribution in [3.8, 4) is 50.7 Å². The number of hydrogen-bond acceptors (Lipinski definition) is 4. The Bertz CT molecular complexity index is 4020. The summed E-state index contributed by atoms with van der Waals surface area (Å²) in [5.74, 6) is 1.16. The summed E-state index contributed by atoms with van der Waals surface area (Å²) < 4.78 is 141. The van der Waals surface area contributed by atoms with Crippen LogP contribution in [0.15, 0.2) is 212 Å². The molecule has 0 aliphatic carbocycles. The highest BCUT2D eigenvalue weighted by molar-refractivity contribution is 6.09. The van der Waals surface area contributed by atoms with Gasteiger partial charge in [0.25, 0.3) is 0 Å². The van der Waals surface area contributed by atoms with Gasteiger partial charge in [0.1, 0.15) is 24.0 Å². The first-order valence-corrected chi connectivity index (χ1v) is 20.4. The van der Waals surface area contributed by atoms with Crippen molar-refractivity contribution in [2.24, 2.45) is 0 Å². The van der Waals surface area contributed by atoms with Crippen LogP contribution in [0.3, 0.4) is 0 Å². The van der Waals surface area contributed by atoms with Crippen LogP contribution in [0.2, 0.25) is 0 Å². The number of benzene rings is 8. The fourth-order valence-electron chi connectivity index (χ4n) is 8.38. The summed E-state index contributed by atoms with van der Waals surface area (Å²) in [5, 5.41) is 1.89. The molecule has 3 heterocycles. The number of para-hydroxylation sites is 4. The molecule has 0 bridgehead atoms. The van der Waals surface area contributed by atoms with Gasteiger partial charge in [-0.2, -0.15) is 0 Å². The quantitative estimate of drug-likeness (QED) is 0.153. The van der Waals surface area contributed by atoms with Crippen LogP contribution in [0.1, 0.15) is 46.9 Å². The SMILES string of the molecule is [2H]c1c([2H])c([2H])c(-c2ccc(N3CN(c4c(-c5c([2H])c([2H])c([2H])c([2H])c5[2H])cccc4-c4c([2H])c([2H])c([2H])c([2H])c4[2H])c4ccccc43)cc2Oc2ccc3c4ccccc4n(-c4cc(C(C)(C)C)ccn4)c3c2)c([2H])c1[2H]. The summed E-state index contributed by atoms with van der Waals surface area (Å²) in [6, 6.07) is 26.5. The van der Waals surface area contributed by atoms with Gasteiger partial charge in [0, 0.05) is 51.5 Å². The summed E-state index contributed by atoms with van der Waals surface area (Å²) in [4.78, 5) is 8.52. The van der Waals surface area contributed by atoms with Gasteiger partial charge in [-0.05, 0) is 82.3 Å². The highest BCUT2D eigenvalue weighted by Gasteiger charge is 2.32. The zero-order valence-electron chi connectivity index (χ0n) is 49.5. The first-order valence-electron chi connectivity index (χ1n) is 27.9. The fraction of sp³-hybridized carbons (Fsp3) is 0.0862. The second kappa shape index (κ2) is 15.5. The van der Waals surface area contributed by atoms with Crippen molar-refractivity contribution < 1.29 is 25.3 Å². The largest absolute Gasteiger partial charge is 0.457 e. The smallest absolute Gasteiger partial charge is 0.137 e. The minimum Gasteiger partial charge on any atom is -0.457 e. The molecule has 0 amide bonds. The Hall–Kier alpha value is -7.89. The molecule has 63 heavy (non-hydrogen) atoms. The molecule has 0 spiro atoms. The summed E-state index contributed by atoms with van der Waals surface area (Å²) in [5.41, 5.74) is 4.37. The molecule has 8 aromatic carbocycles. The van der Waals surface area contributed by atoms with E-state index in [0.717, 1.165) is 27.4 Å². The minimum absolute atomic E-state index is 0.0686. The number of hydrogen-bond donors (Lipinski definition) is 0. The lowest BCUT2D eigenvalue weighted by atomic mass is 9.88. The summed E-state index contributed by atoms with van der Waals surface area (Å²) in [6.07, 6.45) is 1.79. The summed E-state index contributed by atoms with van der Waals surface area (Å²) >= 11 is 0. The van der Waals surface area contributed by atoms with Crippen molar-refractivity contribution in [1.82, 2.24) is 9.55 Å². The molecule has 0 unspecified atom stereocenters. The zero-order valence-corrected chi connectivity index (χ0v) is 34.5. The Morgan fingerprint density at radius 1 is 0.540 bits per heavy atom. The van der Waals surface area contributed by atoms with Gasteiger partial charge >= 0.3 is 0 Å². The third kappa shape index (κ3) is 6.88. The third-order valence-electron chi connectivity index (χ3n) is 11.4. The Kier molecular flexibility index (Phi) is 6.20. The minimum atomic E-state index is -0.606. The van der Waals surface area contributed by atoms with E-state index in [2.05, 4.69) is 31.4 Å². The molecule has 0 fully saturated rings. The molecule has 5 nitrogen and oxygen atoms in total. The predicted molar refractivity (Wildman–Crippen MR) is 262 cm³/mol. The maximum absolute atomic E-state index is 9.11. The fourth-order valence-corrected chi connectivity index (χ4v) is 8.38. The van der Waals surface area contributed by atoms with E-state index in [1.165, 1.54) is 0 Å². The van der Waals surface area contributed by atoms with E-state index in [-0.39, 0.29) is 56.9 Å². The first kappa shape index (κ1) is 25.1. The van der Waals surface area contributed by atoms with Crippen LogP contribution in [0.25, 0.3) is 61.0 Å². The van der Waals surface area contributed by atoms with Gasteiger partial charge in [0.05, 0.1) is 48.7 Å². The molecule has 2 aromatic heterocycles. The van der Waals surface area contributed by atoms with Crippen molar-refractivity contribution in [1.29, 1.82) is 0 Å². The Balaban J connectivity index is 1.12. The van der Waals surface area contributed by atoms with Gasteiger partial charge in [-0.15, -0.1) is 0 Å². The first-order chi connectivity index (χ1) is 37.1. The average Bonchev–Trinajstić information content (AvgIpc) is 4.18. The number of nitrogens with zero attached hydrogens (tertiary/aromatic N) is 4. The molecule has 0 radical (unpaired) electrons. The second-order valence-electron chi connectivity index (χ2n) is 16.2. The summed E-state index contributed by atoms with van der Waals surface area (Å²) in [7, 11) is 0. The highest BCUT2D eigenvalue weighted by Crippen LogP contribution is 2.51. The lowest BCUT2D eigenvalue weighted by Gasteiger charge is -2.27. The lowest BCUT2D eigenvalue weighted by Crippen LogP contribution is -2.25. The van der Waals surface area contributed by atoms with Crippen LogP contribution in [-0.2, 0) is 5.41 Å². The number of anilines is 4. The molecule has 1 aliphatic rings. The van der Waals surface area contributed by atoms with E-state index < -0.39 is 90.6 Å². The number of ether oxygens (including phenoxy) is 1. The van der Waals surface area contributed by atoms with Crippen molar-refractivity contribution in [3.05, 3.63) is 218 Å². The standard InChI is InChI=1S/C58H46N4O/c1-58(2,3)43-34-35-59-56(36-43)62-51-27-14-13-24-49(51)50-33-31-45(38-54(50)62)63-55-37-44(30-32-46(55)40-18-7-4-8-19-40)60-39-61(53-29-16-15-28-52(53)60)57-47(41-20-9-5-10-21-41)25-17-26-48(57)42-22-11-6-12-23-42/h4-38H,39H2,1-3H3/i4D,5D,6D,7D,8D,9D,10D,11D,12D,18D,19D,20D,21D,22D,23D. The third-order valence-corrected chi connectivity index (χ3v) is 11.4. The molecule has 10 aromatic rings. The highest BCUT2D eigenvalue weighted by atomic mass is 16.5. The molecule has 0 atom stereocenters. The van der Waals surface area contributed by atoms with Crippen LogP contribution in [0, 0.1) is 0 Å². The second-order valence-corrected chi connectivity index (χ2v) is 16.2. The van der Waals surface area contributed by atoms with E-state index in [4.69, 9.17) is 30.3 Å². The Morgan fingerprint density at radius 2 is 1.14 bits per heavy atom. The lowest BCUT2D eigenvalue weighted by molar-refractivity contribution is 0.485. The monoisotopic (exact) mass is 829 g/mol. The molecular weight excluding hydrogens is 769 g/mol. The van der Waals surface area contributed by atoms with E-state index in [9.17, 15) is 0 Å². The zero-order chi connectivity index (χ0) is 55.5. The van der Waals surface area contributed by atoms with E-state index in [1.54, 1.807) is 65.7 Å². The van der Waals surface area contributed by atoms with E-state index in [1.807, 2.05) is 59.5 Å². The van der Waals surface area contributed by atoms with Crippen LogP contribution < -0.4 is 14.5 Å². The van der Waals surface area contributed by atoms with Gasteiger partial charge in [0.2, 0.25) is 0 Å². The maximum atomic E-state index is 9.11. The van der Waals surface area contributed by atoms with Crippen molar-refractivity contribution in [2.75, 3.05) is 16.5 Å². The van der Waals surface area contributed by atoms with Gasteiger partial charge < -0.3 is 14.5 Å². The molecule has 1 aliphatic heterocycles. The van der Waals surface area contributed by atoms with E-state index >= 15 is 0 Å². The van der Waals surface area contributed by atoms with Crippen LogP contribution >= 0.6 is 0 Å². The summed E-state index contributed by atoms with van der Waals surface area (Å²) in [6.45, 7) is 6.33. The molecular formula is C58H46N4O. The molecule has 0 saturated heterocycles. The molecule has 5 heteroatoms. The van der Waals surface area contributed by atoms with Gasteiger partial charge in [-0.25, -0.2) is 4.98 Å². The van der Waals surface area contributed by atoms with Gasteiger partial charge in [-0.3, -0.25) is 4.57 Å². The molecule has 0 N–H and O–H groups in total. The van der Waals surface area contributed by atoms with Crippen molar-refractivity contribution in [3.63, 3.8) is 0 Å². The van der Waals surface area contributed by atoms with Crippen molar-refractivity contribution >= 4 is 44.6 Å². The Morgan fingerprint density at radius 3 is 1.81 bits per heavy atom. The van der Waals surface area contributed by atoms with Crippen LogP contribution in [0.5, 0.6) is 11.5 Å². The van der Waals surface area contributed by atoms with Gasteiger partial charge in [-0.1, -0.05) is 160 Å². The number of rotatable bonds is 8. The number of fused-ring (bicyclic) bond motifs is 4. The topological polar surface area (TPSA) is 33.5 Å². The normalized spacial score (nSPS) is 15.9. The van der Waals surface area contributed by atoms with E-state index in [0.29, 0.717) is 28.6 Å². The number of aromatic nitrogens is 2. The van der Waals surface area contributed by atoms with Crippen molar-refractivity contribution in [2.45, 2.75) is 26.2 Å². The van der Waals surface area contributed by atoms with Crippen LogP contribution in [-0.4, -0.2) is 16.2 Å².